The molecule has 0 aliphatic carbocycles. The molecule has 1 atom stereocenters. The number of carbonyl (C=O) groups is 1. The molecule has 12 heavy (non-hydrogen) atoms. The van der Waals surface area contributed by atoms with Crippen molar-refractivity contribution in [1.29, 1.82) is 0 Å². The lowest BCUT2D eigenvalue weighted by Gasteiger charge is -2.02. The highest BCUT2D eigenvalue weighted by Gasteiger charge is 2.12. The van der Waals surface area contributed by atoms with E-state index in [-0.39, 0.29) is 5.69 Å². The van der Waals surface area contributed by atoms with Gasteiger partial charge in [0.25, 0.3) is 0 Å². The van der Waals surface area contributed by atoms with Crippen LogP contribution in [0.4, 0.5) is 5.82 Å². The molecule has 1 heterocycles. The van der Waals surface area contributed by atoms with Gasteiger partial charge in [-0.3, -0.25) is 0 Å². The summed E-state index contributed by atoms with van der Waals surface area (Å²) >= 11 is 0. The van der Waals surface area contributed by atoms with Gasteiger partial charge in [-0.05, 0) is 9.39 Å². The van der Waals surface area contributed by atoms with Crippen LogP contribution in [0.25, 0.3) is 0 Å². The van der Waals surface area contributed by atoms with Gasteiger partial charge in [0.15, 0.2) is 11.5 Å². The van der Waals surface area contributed by atoms with Crippen molar-refractivity contribution in [2.75, 3.05) is 12.2 Å². The van der Waals surface area contributed by atoms with Gasteiger partial charge in [0.05, 0.1) is 7.11 Å². The number of ether oxygens (including phenoxy) is 1. The number of methoxy groups -OCH3 is 1. The van der Waals surface area contributed by atoms with Crippen LogP contribution in [0.2, 0.25) is 0 Å². The molecule has 0 saturated carbocycles. The van der Waals surface area contributed by atoms with Gasteiger partial charge in [0, 0.05) is 12.4 Å². The third-order valence-electron chi connectivity index (χ3n) is 1.21. The molecule has 0 fully saturated rings. The molecule has 0 saturated heterocycles. The second-order valence-corrected chi connectivity index (χ2v) is 2.18. The van der Waals surface area contributed by atoms with Crippen LogP contribution in [0, 0.1) is 0 Å². The number of hydrogen-bond donors (Lipinski definition) is 1. The summed E-state index contributed by atoms with van der Waals surface area (Å²) in [5.41, 5.74) is 0.176. The normalized spacial score (nSPS) is 9.17. The van der Waals surface area contributed by atoms with Crippen LogP contribution in [0.15, 0.2) is 12.4 Å². The van der Waals surface area contributed by atoms with Crippen molar-refractivity contribution in [2.45, 2.75) is 0 Å². The van der Waals surface area contributed by atoms with Gasteiger partial charge in [0.2, 0.25) is 0 Å². The second-order valence-electron chi connectivity index (χ2n) is 1.89. The lowest BCUT2D eigenvalue weighted by atomic mass is 10.4. The first kappa shape index (κ1) is 8.87. The van der Waals surface area contributed by atoms with E-state index in [1.165, 1.54) is 19.5 Å². The zero-order valence-corrected chi connectivity index (χ0v) is 7.60. The van der Waals surface area contributed by atoms with Gasteiger partial charge in [-0.2, -0.15) is 0 Å². The molecule has 1 unspecified atom stereocenters. The number of esters is 1. The van der Waals surface area contributed by atoms with Gasteiger partial charge in [-0.1, -0.05) is 0 Å². The maximum atomic E-state index is 11.0. The van der Waals surface area contributed by atoms with Crippen LogP contribution in [0.3, 0.4) is 0 Å². The molecule has 64 valence electrons. The van der Waals surface area contributed by atoms with Gasteiger partial charge in [-0.25, -0.2) is 14.8 Å². The molecule has 1 aromatic rings. The summed E-state index contributed by atoms with van der Waals surface area (Å²) < 4.78 is 4.49. The van der Waals surface area contributed by atoms with Crippen molar-refractivity contribution in [3.63, 3.8) is 0 Å². The van der Waals surface area contributed by atoms with E-state index in [1.54, 1.807) is 0 Å². The number of nitrogens with one attached hydrogen (secondary N) is 1. The first-order valence-electron chi connectivity index (χ1n) is 3.15. The molecule has 0 aliphatic rings. The van der Waals surface area contributed by atoms with E-state index in [2.05, 4.69) is 29.2 Å². The fourth-order valence-corrected chi connectivity index (χ4v) is 0.901. The highest BCUT2D eigenvalue weighted by molar-refractivity contribution is 7.18. The summed E-state index contributed by atoms with van der Waals surface area (Å²) in [5, 5.41) is 2.65. The number of rotatable bonds is 2. The fourth-order valence-electron chi connectivity index (χ4n) is 0.690. The predicted octanol–water partition coefficient (Wildman–Crippen LogP) is 0.465. The largest absolute Gasteiger partial charge is 0.464 e. The number of hydrogen-bond acceptors (Lipinski definition) is 5. The predicted molar refractivity (Wildman–Crippen MR) is 46.7 cm³/mol. The molecule has 1 N–H and O–H groups in total. The topological polar surface area (TPSA) is 64.1 Å². The van der Waals surface area contributed by atoms with Gasteiger partial charge in [0.1, 0.15) is 0 Å². The van der Waals surface area contributed by atoms with Crippen LogP contribution in [0.1, 0.15) is 10.5 Å². The Morgan fingerprint density at radius 1 is 1.58 bits per heavy atom. The highest BCUT2D eigenvalue weighted by atomic mass is 31.0. The lowest BCUT2D eigenvalue weighted by molar-refractivity contribution is 0.0595. The Morgan fingerprint density at radius 2 is 2.25 bits per heavy atom. The Morgan fingerprint density at radius 3 is 2.83 bits per heavy atom. The smallest absolute Gasteiger partial charge is 0.360 e. The third-order valence-corrected chi connectivity index (χ3v) is 1.49. The molecule has 6 heteroatoms. The number of anilines is 1. The minimum atomic E-state index is -0.506. The van der Waals surface area contributed by atoms with Crippen molar-refractivity contribution in [3.05, 3.63) is 18.1 Å². The molecule has 0 aromatic carbocycles. The van der Waals surface area contributed by atoms with E-state index in [9.17, 15) is 4.79 Å². The van der Waals surface area contributed by atoms with E-state index in [1.807, 2.05) is 0 Å². The van der Waals surface area contributed by atoms with Crippen molar-refractivity contribution in [3.8, 4) is 0 Å². The monoisotopic (exact) mass is 185 g/mol. The Balaban J connectivity index is 3.04. The third kappa shape index (κ3) is 1.68. The average molecular weight is 185 g/mol. The Kier molecular flexibility index (Phi) is 2.94. The van der Waals surface area contributed by atoms with Crippen molar-refractivity contribution < 1.29 is 9.53 Å². The summed E-state index contributed by atoms with van der Waals surface area (Å²) in [6, 6.07) is 0. The van der Waals surface area contributed by atoms with Gasteiger partial charge >= 0.3 is 5.97 Å². The zero-order chi connectivity index (χ0) is 8.97. The van der Waals surface area contributed by atoms with Gasteiger partial charge in [-0.15, -0.1) is 0 Å². The SMILES string of the molecule is COC(=O)c1nccnc1NP. The van der Waals surface area contributed by atoms with Crippen molar-refractivity contribution >= 4 is 21.2 Å². The minimum Gasteiger partial charge on any atom is -0.464 e. The number of aromatic nitrogens is 2. The highest BCUT2D eigenvalue weighted by Crippen LogP contribution is 2.10. The Bertz CT molecular complexity index is 292. The summed E-state index contributed by atoms with van der Waals surface area (Å²) in [4.78, 5) is 18.7. The molecule has 0 bridgehead atoms. The number of nitrogens with zero attached hydrogens (tertiary/aromatic N) is 2. The van der Waals surface area contributed by atoms with Crippen LogP contribution >= 0.6 is 9.39 Å². The molecular formula is C6H8N3O2P. The van der Waals surface area contributed by atoms with Crippen LogP contribution in [-0.4, -0.2) is 23.0 Å². The summed E-state index contributed by atoms with van der Waals surface area (Å²) in [6.07, 6.45) is 2.91. The maximum Gasteiger partial charge on any atom is 0.360 e. The molecule has 0 aliphatic heterocycles. The van der Waals surface area contributed by atoms with Gasteiger partial charge < -0.3 is 9.82 Å². The van der Waals surface area contributed by atoms with Crippen LogP contribution < -0.4 is 5.09 Å². The Labute approximate surface area is 71.8 Å². The average Bonchev–Trinajstić information content (AvgIpc) is 2.16. The Hall–Kier alpha value is -1.22. The molecule has 0 spiro atoms. The maximum absolute atomic E-state index is 11.0. The lowest BCUT2D eigenvalue weighted by Crippen LogP contribution is -2.07. The van der Waals surface area contributed by atoms with E-state index in [0.29, 0.717) is 5.82 Å². The molecular weight excluding hydrogens is 177 g/mol. The first-order valence-corrected chi connectivity index (χ1v) is 3.73. The summed E-state index contributed by atoms with van der Waals surface area (Å²) in [5.74, 6) is -0.123. The van der Waals surface area contributed by atoms with Crippen LogP contribution in [-0.2, 0) is 4.74 Å². The summed E-state index contributed by atoms with van der Waals surface area (Å²) in [7, 11) is 3.53. The van der Waals surface area contributed by atoms with E-state index in [4.69, 9.17) is 0 Å². The molecule has 0 radical (unpaired) electrons. The number of carbonyl (C=O) groups excluding carboxylic acids is 1. The van der Waals surface area contributed by atoms with Crippen molar-refractivity contribution in [1.82, 2.24) is 9.97 Å². The quantitative estimate of drug-likeness (QED) is 0.535. The molecule has 1 rings (SSSR count). The van der Waals surface area contributed by atoms with Crippen LogP contribution in [0.5, 0.6) is 0 Å². The van der Waals surface area contributed by atoms with E-state index >= 15 is 0 Å². The molecule has 0 amide bonds. The van der Waals surface area contributed by atoms with Crippen molar-refractivity contribution in [2.24, 2.45) is 0 Å². The van der Waals surface area contributed by atoms with E-state index in [0.717, 1.165) is 0 Å². The molecule has 5 nitrogen and oxygen atoms in total. The fraction of sp³-hybridized carbons (Fsp3) is 0.167. The molecule has 1 aromatic heterocycles. The zero-order valence-electron chi connectivity index (χ0n) is 6.44. The minimum absolute atomic E-state index is 0.176. The van der Waals surface area contributed by atoms with E-state index < -0.39 is 5.97 Å². The first-order chi connectivity index (χ1) is 5.79. The standard InChI is InChI=1S/C6H8N3O2P/c1-11-6(10)4-5(9-12)8-3-2-7-4/h2-3H,12H2,1H3,(H,8,9). The second kappa shape index (κ2) is 3.97. The summed E-state index contributed by atoms with van der Waals surface area (Å²) in [6.45, 7) is 0.